The zero-order valence-corrected chi connectivity index (χ0v) is 13.1. The summed E-state index contributed by atoms with van der Waals surface area (Å²) in [6.45, 7) is 2.79. The van der Waals surface area contributed by atoms with E-state index in [4.69, 9.17) is 0 Å². The van der Waals surface area contributed by atoms with Gasteiger partial charge in [0, 0.05) is 26.6 Å². The number of nitrogens with one attached hydrogen (secondary N) is 1. The van der Waals surface area contributed by atoms with Gasteiger partial charge in [-0.3, -0.25) is 14.3 Å². The third-order valence-corrected chi connectivity index (χ3v) is 3.85. The molecular weight excluding hydrogens is 313 g/mol. The Bertz CT molecular complexity index is 612. The molecule has 128 valence electrons. The number of hydrogen-bond donors (Lipinski definition) is 1. The van der Waals surface area contributed by atoms with Gasteiger partial charge in [-0.15, -0.1) is 0 Å². The van der Waals surface area contributed by atoms with Crippen LogP contribution in [0.2, 0.25) is 0 Å². The summed E-state index contributed by atoms with van der Waals surface area (Å²) in [5.41, 5.74) is 0.648. The van der Waals surface area contributed by atoms with E-state index >= 15 is 0 Å². The quantitative estimate of drug-likeness (QED) is 0.890. The Morgan fingerprint density at radius 3 is 2.48 bits per heavy atom. The Hall–Kier alpha value is -2.06. The zero-order chi connectivity index (χ0) is 17.4. The Kier molecular flexibility index (Phi) is 4.67. The molecule has 1 aliphatic rings. The molecule has 2 amide bonds. The highest BCUT2D eigenvalue weighted by molar-refractivity contribution is 5.93. The molecule has 1 aliphatic heterocycles. The van der Waals surface area contributed by atoms with E-state index in [1.807, 2.05) is 0 Å². The maximum absolute atomic E-state index is 13.3. The lowest BCUT2D eigenvalue weighted by atomic mass is 9.97. The molecule has 1 N–H and O–H groups in total. The first-order valence-corrected chi connectivity index (χ1v) is 7.25. The third kappa shape index (κ3) is 3.83. The minimum absolute atomic E-state index is 0.0974. The van der Waals surface area contributed by atoms with Crippen LogP contribution in [0.15, 0.2) is 6.07 Å². The van der Waals surface area contributed by atoms with E-state index < -0.39 is 24.2 Å². The number of halogens is 3. The fourth-order valence-corrected chi connectivity index (χ4v) is 2.90. The average molecular weight is 332 g/mol. The number of nitrogens with zero attached hydrogens (tertiary/aromatic N) is 3. The van der Waals surface area contributed by atoms with Gasteiger partial charge < -0.3 is 10.2 Å². The Morgan fingerprint density at radius 2 is 2.00 bits per heavy atom. The second-order valence-corrected chi connectivity index (χ2v) is 5.78. The van der Waals surface area contributed by atoms with Gasteiger partial charge in [0.2, 0.25) is 5.91 Å². The van der Waals surface area contributed by atoms with Gasteiger partial charge >= 0.3 is 6.18 Å². The third-order valence-electron chi connectivity index (χ3n) is 3.85. The second-order valence-electron chi connectivity index (χ2n) is 5.78. The van der Waals surface area contributed by atoms with Crippen LogP contribution in [0.5, 0.6) is 0 Å². The van der Waals surface area contributed by atoms with Crippen molar-refractivity contribution in [3.63, 3.8) is 0 Å². The van der Waals surface area contributed by atoms with E-state index in [-0.39, 0.29) is 31.0 Å². The highest BCUT2D eigenvalue weighted by Gasteiger charge is 2.48. The van der Waals surface area contributed by atoms with Crippen molar-refractivity contribution in [1.29, 1.82) is 0 Å². The fourth-order valence-electron chi connectivity index (χ4n) is 2.90. The van der Waals surface area contributed by atoms with Gasteiger partial charge in [0.25, 0.3) is 5.91 Å². The van der Waals surface area contributed by atoms with E-state index in [2.05, 4.69) is 10.4 Å². The minimum Gasteiger partial charge on any atom is -0.352 e. The smallest absolute Gasteiger partial charge is 0.352 e. The molecule has 1 saturated heterocycles. The summed E-state index contributed by atoms with van der Waals surface area (Å²) in [6.07, 6.45) is -4.57. The summed E-state index contributed by atoms with van der Waals surface area (Å²) in [5.74, 6) is -1.06. The van der Waals surface area contributed by atoms with Gasteiger partial charge in [-0.1, -0.05) is 0 Å². The summed E-state index contributed by atoms with van der Waals surface area (Å²) >= 11 is 0. The molecule has 2 heterocycles. The number of rotatable bonds is 2. The number of carbonyl (C=O) groups is 2. The minimum atomic E-state index is -4.51. The van der Waals surface area contributed by atoms with Gasteiger partial charge in [-0.2, -0.15) is 18.3 Å². The summed E-state index contributed by atoms with van der Waals surface area (Å²) in [4.78, 5) is 24.5. The lowest BCUT2D eigenvalue weighted by Crippen LogP contribution is -2.58. The van der Waals surface area contributed by atoms with Crippen molar-refractivity contribution in [2.75, 3.05) is 6.54 Å². The van der Waals surface area contributed by atoms with Crippen molar-refractivity contribution in [3.05, 3.63) is 17.5 Å². The zero-order valence-electron chi connectivity index (χ0n) is 13.1. The number of piperidine rings is 1. The molecule has 1 aromatic heterocycles. The largest absolute Gasteiger partial charge is 0.408 e. The van der Waals surface area contributed by atoms with Gasteiger partial charge in [0.05, 0.1) is 5.69 Å². The van der Waals surface area contributed by atoms with E-state index in [1.54, 1.807) is 6.92 Å². The molecule has 0 spiro atoms. The lowest BCUT2D eigenvalue weighted by Gasteiger charge is -2.40. The summed E-state index contributed by atoms with van der Waals surface area (Å²) in [5, 5.41) is 6.59. The summed E-state index contributed by atoms with van der Waals surface area (Å²) < 4.78 is 41.0. The van der Waals surface area contributed by atoms with Crippen LogP contribution in [0.1, 0.15) is 35.9 Å². The van der Waals surface area contributed by atoms with Crippen LogP contribution in [0.4, 0.5) is 13.2 Å². The van der Waals surface area contributed by atoms with Crippen LogP contribution in [-0.2, 0) is 11.8 Å². The first-order chi connectivity index (χ1) is 10.6. The van der Waals surface area contributed by atoms with E-state index in [1.165, 1.54) is 24.7 Å². The lowest BCUT2D eigenvalue weighted by molar-refractivity contribution is -0.184. The second kappa shape index (κ2) is 6.21. The first kappa shape index (κ1) is 17.3. The van der Waals surface area contributed by atoms with Crippen LogP contribution < -0.4 is 5.32 Å². The predicted molar refractivity (Wildman–Crippen MR) is 75.7 cm³/mol. The topological polar surface area (TPSA) is 67.2 Å². The molecule has 2 rings (SSSR count). The Morgan fingerprint density at radius 1 is 1.35 bits per heavy atom. The van der Waals surface area contributed by atoms with Crippen molar-refractivity contribution in [1.82, 2.24) is 20.0 Å². The van der Waals surface area contributed by atoms with Crippen LogP contribution in [0, 0.1) is 6.92 Å². The van der Waals surface area contributed by atoms with Gasteiger partial charge in [-0.05, 0) is 25.8 Å². The maximum Gasteiger partial charge on any atom is 0.408 e. The van der Waals surface area contributed by atoms with Crippen LogP contribution in [0.3, 0.4) is 0 Å². The SMILES string of the molecule is CC(=O)N[C@H]1CC[C@@H](C(F)(F)F)N(C(=O)c2cc(C)nn2C)C1. The highest BCUT2D eigenvalue weighted by atomic mass is 19.4. The molecular formula is C14H19F3N4O2. The number of hydrogen-bond acceptors (Lipinski definition) is 3. The number of amides is 2. The number of likely N-dealkylation sites (tertiary alicyclic amines) is 1. The van der Waals surface area contributed by atoms with Gasteiger partial charge in [-0.25, -0.2) is 0 Å². The van der Waals surface area contributed by atoms with Crippen molar-refractivity contribution in [3.8, 4) is 0 Å². The molecule has 1 fully saturated rings. The van der Waals surface area contributed by atoms with E-state index in [0.29, 0.717) is 5.69 Å². The molecule has 0 aromatic carbocycles. The normalized spacial score (nSPS) is 22.1. The molecule has 0 aliphatic carbocycles. The number of alkyl halides is 3. The van der Waals surface area contributed by atoms with Crippen LogP contribution >= 0.6 is 0 Å². The van der Waals surface area contributed by atoms with Crippen molar-refractivity contribution in [2.24, 2.45) is 7.05 Å². The van der Waals surface area contributed by atoms with Crippen molar-refractivity contribution < 1.29 is 22.8 Å². The van der Waals surface area contributed by atoms with Crippen LogP contribution in [0.25, 0.3) is 0 Å². The van der Waals surface area contributed by atoms with Crippen molar-refractivity contribution >= 4 is 11.8 Å². The highest BCUT2D eigenvalue weighted by Crippen LogP contribution is 2.33. The molecule has 1 aromatic rings. The first-order valence-electron chi connectivity index (χ1n) is 7.25. The van der Waals surface area contributed by atoms with Gasteiger partial charge in [0.15, 0.2) is 0 Å². The van der Waals surface area contributed by atoms with E-state index in [0.717, 1.165) is 4.90 Å². The fraction of sp³-hybridized carbons (Fsp3) is 0.643. The predicted octanol–water partition coefficient (Wildman–Crippen LogP) is 1.40. The molecule has 6 nitrogen and oxygen atoms in total. The monoisotopic (exact) mass is 332 g/mol. The molecule has 0 unspecified atom stereocenters. The maximum atomic E-state index is 13.3. The summed E-state index contributed by atoms with van der Waals surface area (Å²) in [7, 11) is 1.51. The summed E-state index contributed by atoms with van der Waals surface area (Å²) in [6, 6.07) is -0.878. The Balaban J connectivity index is 2.29. The van der Waals surface area contributed by atoms with Crippen LogP contribution in [-0.4, -0.2) is 51.3 Å². The standard InChI is InChI=1S/C14H19F3N4O2/c1-8-6-11(20(3)19-8)13(23)21-7-10(18-9(2)22)4-5-12(21)14(15,16)17/h6,10,12H,4-5,7H2,1-3H3,(H,18,22)/t10-,12-/m0/s1. The number of aromatic nitrogens is 2. The number of carbonyl (C=O) groups excluding carboxylic acids is 2. The molecule has 2 atom stereocenters. The number of aryl methyl sites for hydroxylation is 2. The van der Waals surface area contributed by atoms with E-state index in [9.17, 15) is 22.8 Å². The Labute approximate surface area is 131 Å². The molecule has 9 heteroatoms. The molecule has 0 bridgehead atoms. The van der Waals surface area contributed by atoms with Gasteiger partial charge in [0.1, 0.15) is 11.7 Å². The molecule has 0 radical (unpaired) electrons. The molecule has 0 saturated carbocycles. The average Bonchev–Trinajstić information content (AvgIpc) is 2.74. The van der Waals surface area contributed by atoms with Crippen molar-refractivity contribution in [2.45, 2.75) is 44.9 Å². The molecule has 23 heavy (non-hydrogen) atoms.